The second-order valence-corrected chi connectivity index (χ2v) is 3.58. The molecule has 0 saturated carbocycles. The first-order chi connectivity index (χ1) is 7.31. The molecule has 0 aromatic heterocycles. The second kappa shape index (κ2) is 11.5. The van der Waals surface area contributed by atoms with Crippen LogP contribution in [-0.2, 0) is 9.53 Å². The minimum absolute atomic E-state index is 0.0928. The Bertz CT molecular complexity index is 152. The summed E-state index contributed by atoms with van der Waals surface area (Å²) in [4.78, 5) is 11.2. The maximum absolute atomic E-state index is 11.2. The number of methoxy groups -OCH3 is 1. The fraction of sp³-hybridized carbons (Fsp3) is 0.909. The number of nitrogens with one attached hydrogen (secondary N) is 2. The Labute approximate surface area is 92.8 Å². The van der Waals surface area contributed by atoms with Crippen molar-refractivity contribution in [3.63, 3.8) is 0 Å². The van der Waals surface area contributed by atoms with E-state index in [1.165, 1.54) is 0 Å². The van der Waals surface area contributed by atoms with E-state index >= 15 is 0 Å². The third kappa shape index (κ3) is 11.3. The van der Waals surface area contributed by atoms with Gasteiger partial charge in [-0.2, -0.15) is 0 Å². The van der Waals surface area contributed by atoms with Crippen molar-refractivity contribution in [3.05, 3.63) is 0 Å². The lowest BCUT2D eigenvalue weighted by Gasteiger charge is -2.05. The first-order valence-corrected chi connectivity index (χ1v) is 5.77. The number of amides is 1. The number of hydrogen-bond acceptors (Lipinski definition) is 3. The highest BCUT2D eigenvalue weighted by molar-refractivity contribution is 5.77. The molecule has 0 aromatic carbocycles. The van der Waals surface area contributed by atoms with Crippen molar-refractivity contribution in [1.82, 2.24) is 10.6 Å². The van der Waals surface area contributed by atoms with E-state index in [2.05, 4.69) is 17.6 Å². The molecule has 0 bridgehead atoms. The summed E-state index contributed by atoms with van der Waals surface area (Å²) in [6.45, 7) is 5.01. The van der Waals surface area contributed by atoms with E-state index in [4.69, 9.17) is 4.74 Å². The van der Waals surface area contributed by atoms with E-state index in [9.17, 15) is 4.79 Å². The molecule has 1 amide bonds. The molecule has 0 unspecified atom stereocenters. The molecule has 0 saturated heterocycles. The van der Waals surface area contributed by atoms with Crippen LogP contribution in [0.1, 0.15) is 32.6 Å². The number of ether oxygens (including phenoxy) is 1. The summed E-state index contributed by atoms with van der Waals surface area (Å²) in [5.41, 5.74) is 0. The maximum atomic E-state index is 11.2. The number of unbranched alkanes of at least 4 members (excludes halogenated alkanes) is 2. The second-order valence-electron chi connectivity index (χ2n) is 3.58. The van der Waals surface area contributed by atoms with Gasteiger partial charge >= 0.3 is 0 Å². The Morgan fingerprint density at radius 2 is 2.00 bits per heavy atom. The molecule has 4 nitrogen and oxygen atoms in total. The first kappa shape index (κ1) is 14.4. The van der Waals surface area contributed by atoms with Crippen LogP contribution in [0.3, 0.4) is 0 Å². The van der Waals surface area contributed by atoms with Crippen molar-refractivity contribution in [2.24, 2.45) is 0 Å². The van der Waals surface area contributed by atoms with Crippen LogP contribution in [0.4, 0.5) is 0 Å². The topological polar surface area (TPSA) is 50.4 Å². The summed E-state index contributed by atoms with van der Waals surface area (Å²) >= 11 is 0. The highest BCUT2D eigenvalue weighted by Crippen LogP contribution is 1.93. The van der Waals surface area contributed by atoms with Crippen LogP contribution in [0.25, 0.3) is 0 Å². The van der Waals surface area contributed by atoms with Gasteiger partial charge in [-0.3, -0.25) is 4.79 Å². The molecule has 90 valence electrons. The molecule has 0 aliphatic heterocycles. The van der Waals surface area contributed by atoms with Crippen molar-refractivity contribution in [2.75, 3.05) is 33.4 Å². The highest BCUT2D eigenvalue weighted by Gasteiger charge is 1.98. The first-order valence-electron chi connectivity index (χ1n) is 5.77. The van der Waals surface area contributed by atoms with Crippen LogP contribution in [0.15, 0.2) is 0 Å². The van der Waals surface area contributed by atoms with Crippen molar-refractivity contribution in [1.29, 1.82) is 0 Å². The Balaban J connectivity index is 3.10. The molecule has 4 heteroatoms. The van der Waals surface area contributed by atoms with Crippen molar-refractivity contribution in [3.8, 4) is 0 Å². The molecule has 0 radical (unpaired) electrons. The summed E-state index contributed by atoms with van der Waals surface area (Å²) < 4.78 is 4.94. The molecule has 0 aliphatic rings. The summed E-state index contributed by atoms with van der Waals surface area (Å²) in [7, 11) is 1.71. The summed E-state index contributed by atoms with van der Waals surface area (Å²) in [6.07, 6.45) is 4.27. The Kier molecular flexibility index (Phi) is 11.0. The van der Waals surface area contributed by atoms with Gasteiger partial charge in [0, 0.05) is 20.3 Å². The fourth-order valence-electron chi connectivity index (χ4n) is 1.22. The molecule has 0 aromatic rings. The van der Waals surface area contributed by atoms with Crippen LogP contribution in [0.2, 0.25) is 0 Å². The fourth-order valence-corrected chi connectivity index (χ4v) is 1.22. The lowest BCUT2D eigenvalue weighted by molar-refractivity contribution is -0.120. The van der Waals surface area contributed by atoms with Gasteiger partial charge in [0.25, 0.3) is 0 Å². The van der Waals surface area contributed by atoms with E-state index in [1.807, 2.05) is 0 Å². The molecule has 0 heterocycles. The smallest absolute Gasteiger partial charge is 0.233 e. The highest BCUT2D eigenvalue weighted by atomic mass is 16.5. The van der Waals surface area contributed by atoms with Crippen LogP contribution in [0, 0.1) is 0 Å². The monoisotopic (exact) mass is 216 g/mol. The van der Waals surface area contributed by atoms with Gasteiger partial charge in [-0.15, -0.1) is 0 Å². The molecule has 0 fully saturated rings. The van der Waals surface area contributed by atoms with Crippen molar-refractivity contribution >= 4 is 5.91 Å². The van der Waals surface area contributed by atoms with Crippen molar-refractivity contribution < 1.29 is 9.53 Å². The molecule has 0 rings (SSSR count). The van der Waals surface area contributed by atoms with Gasteiger partial charge in [0.2, 0.25) is 5.91 Å². The zero-order chi connectivity index (χ0) is 11.4. The summed E-state index contributed by atoms with van der Waals surface area (Å²) in [6, 6.07) is 0. The molecule has 0 aliphatic carbocycles. The largest absolute Gasteiger partial charge is 0.385 e. The summed E-state index contributed by atoms with van der Waals surface area (Å²) in [5.74, 6) is 0.0928. The number of carbonyl (C=O) groups excluding carboxylic acids is 1. The minimum atomic E-state index is 0.0928. The maximum Gasteiger partial charge on any atom is 0.233 e. The molecule has 0 spiro atoms. The standard InChI is InChI=1S/C11H24N2O2/c1-3-7-12-10-11(14)13-8-5-4-6-9-15-2/h12H,3-10H2,1-2H3,(H,13,14). The van der Waals surface area contributed by atoms with Crippen LogP contribution < -0.4 is 10.6 Å². The number of carbonyl (C=O) groups is 1. The number of rotatable bonds is 10. The van der Waals surface area contributed by atoms with Crippen LogP contribution in [0.5, 0.6) is 0 Å². The van der Waals surface area contributed by atoms with Gasteiger partial charge in [0.05, 0.1) is 6.54 Å². The number of hydrogen-bond donors (Lipinski definition) is 2. The molecular weight excluding hydrogens is 192 g/mol. The van der Waals surface area contributed by atoms with E-state index in [0.29, 0.717) is 6.54 Å². The van der Waals surface area contributed by atoms with Gasteiger partial charge < -0.3 is 15.4 Å². The third-order valence-electron chi connectivity index (χ3n) is 2.06. The Morgan fingerprint density at radius 3 is 2.67 bits per heavy atom. The zero-order valence-corrected chi connectivity index (χ0v) is 9.97. The van der Waals surface area contributed by atoms with Gasteiger partial charge in [-0.05, 0) is 32.2 Å². The van der Waals surface area contributed by atoms with E-state index in [-0.39, 0.29) is 5.91 Å². The van der Waals surface area contributed by atoms with Crippen molar-refractivity contribution in [2.45, 2.75) is 32.6 Å². The third-order valence-corrected chi connectivity index (χ3v) is 2.06. The summed E-state index contributed by atoms with van der Waals surface area (Å²) in [5, 5.41) is 5.94. The molecular formula is C11H24N2O2. The van der Waals surface area contributed by atoms with Crippen LogP contribution in [-0.4, -0.2) is 39.3 Å². The molecule has 0 atom stereocenters. The van der Waals surface area contributed by atoms with Gasteiger partial charge in [0.1, 0.15) is 0 Å². The lowest BCUT2D eigenvalue weighted by atomic mass is 10.2. The quantitative estimate of drug-likeness (QED) is 0.534. The van der Waals surface area contributed by atoms with Gasteiger partial charge in [-0.25, -0.2) is 0 Å². The normalized spacial score (nSPS) is 10.3. The van der Waals surface area contributed by atoms with Gasteiger partial charge in [0.15, 0.2) is 0 Å². The molecule has 15 heavy (non-hydrogen) atoms. The SMILES string of the molecule is CCCNCC(=O)NCCCCCOC. The average Bonchev–Trinajstić information content (AvgIpc) is 2.23. The van der Waals surface area contributed by atoms with Crippen LogP contribution >= 0.6 is 0 Å². The van der Waals surface area contributed by atoms with Gasteiger partial charge in [-0.1, -0.05) is 6.92 Å². The minimum Gasteiger partial charge on any atom is -0.385 e. The van der Waals surface area contributed by atoms with E-state index in [1.54, 1.807) is 7.11 Å². The average molecular weight is 216 g/mol. The van der Waals surface area contributed by atoms with E-state index in [0.717, 1.165) is 45.4 Å². The predicted molar refractivity (Wildman–Crippen MR) is 61.9 cm³/mol. The molecule has 2 N–H and O–H groups in total. The van der Waals surface area contributed by atoms with E-state index < -0.39 is 0 Å². The zero-order valence-electron chi connectivity index (χ0n) is 9.97. The Hall–Kier alpha value is -0.610. The predicted octanol–water partition coefficient (Wildman–Crippen LogP) is 0.919. The Morgan fingerprint density at radius 1 is 1.20 bits per heavy atom. The lowest BCUT2D eigenvalue weighted by Crippen LogP contribution is -2.34.